The monoisotopic (exact) mass is 801 g/mol. The van der Waals surface area contributed by atoms with E-state index < -0.39 is 8.07 Å². The molecule has 9 aromatic carbocycles. The molecule has 0 amide bonds. The molecule has 0 atom stereocenters. The van der Waals surface area contributed by atoms with E-state index in [4.69, 9.17) is 0 Å². The summed E-state index contributed by atoms with van der Waals surface area (Å²) in [5.41, 5.74) is 12.9. The molecule has 0 spiro atoms. The van der Waals surface area contributed by atoms with E-state index in [-0.39, 0.29) is 6.71 Å². The van der Waals surface area contributed by atoms with Crippen molar-refractivity contribution >= 4 is 92.5 Å². The Morgan fingerprint density at radius 2 is 0.847 bits per heavy atom. The van der Waals surface area contributed by atoms with Crippen molar-refractivity contribution in [1.29, 1.82) is 0 Å². The summed E-state index contributed by atoms with van der Waals surface area (Å²) in [4.78, 5) is 7.94. The highest BCUT2D eigenvalue weighted by molar-refractivity contribution is 8.01. The van der Waals surface area contributed by atoms with Gasteiger partial charge in [0, 0.05) is 31.0 Å². The van der Waals surface area contributed by atoms with Gasteiger partial charge in [-0.25, -0.2) is 0 Å². The van der Waals surface area contributed by atoms with E-state index in [0.717, 1.165) is 0 Å². The lowest BCUT2D eigenvalue weighted by Gasteiger charge is -2.46. The highest BCUT2D eigenvalue weighted by Crippen LogP contribution is 2.48. The smallest absolute Gasteiger partial charge is 0.247 e. The Bertz CT molecular complexity index is 2980. The van der Waals surface area contributed by atoms with Crippen LogP contribution in [-0.2, 0) is 0 Å². The van der Waals surface area contributed by atoms with Gasteiger partial charge < -0.3 is 4.90 Å². The van der Waals surface area contributed by atoms with Crippen molar-refractivity contribution in [2.75, 3.05) is 4.90 Å². The Hall–Kier alpha value is -6.24. The highest BCUT2D eigenvalue weighted by Gasteiger charge is 2.49. The Morgan fingerprint density at radius 1 is 0.356 bits per heavy atom. The molecule has 3 aliphatic heterocycles. The molecule has 5 heteroatoms. The first-order valence-electron chi connectivity index (χ1n) is 20.3. The van der Waals surface area contributed by atoms with Gasteiger partial charge in [0.2, 0.25) is 6.71 Å². The molecular weight excluding hydrogens is 766 g/mol. The second-order valence-electron chi connectivity index (χ2n) is 15.6. The second-order valence-corrected chi connectivity index (χ2v) is 21.4. The summed E-state index contributed by atoms with van der Waals surface area (Å²) in [6.45, 7) is 0.111. The Labute approximate surface area is 355 Å². The van der Waals surface area contributed by atoms with E-state index in [1.54, 1.807) is 0 Å². The maximum absolute atomic E-state index is 2.74. The summed E-state index contributed by atoms with van der Waals surface area (Å²) in [5.74, 6) is 0. The molecular formula is C54H36BNS2Si. The first-order chi connectivity index (χ1) is 29.3. The van der Waals surface area contributed by atoms with E-state index >= 15 is 0 Å². The third kappa shape index (κ3) is 5.35. The average Bonchev–Trinajstić information content (AvgIpc) is 3.31. The van der Waals surface area contributed by atoms with Crippen molar-refractivity contribution in [2.24, 2.45) is 0 Å². The number of hydrogen-bond donors (Lipinski definition) is 0. The maximum atomic E-state index is 2.59. The van der Waals surface area contributed by atoms with Crippen LogP contribution >= 0.6 is 23.5 Å². The standard InChI is InChI=1S/C54H36BNS2Si/c1-5-18-37(19-6-1)39-32-33-43-48(34-39)57-49-35-40(38-20-7-2-8-21-38)36-50-53(49)55(43)44-26-17-29-47(54(44)58-50)56-45-27-13-15-30-51(45)59(41-22-9-3-10-23-41,42-24-11-4-12-25-42)52-31-16-14-28-46(52)56/h1-36H. The summed E-state index contributed by atoms with van der Waals surface area (Å²) in [6, 6.07) is 81.9. The average molecular weight is 802 g/mol. The molecule has 0 saturated carbocycles. The molecule has 0 fully saturated rings. The molecule has 0 aliphatic carbocycles. The molecule has 0 N–H and O–H groups in total. The number of rotatable bonds is 5. The molecule has 0 saturated heterocycles. The van der Waals surface area contributed by atoms with Gasteiger partial charge in [0.05, 0.1) is 5.69 Å². The van der Waals surface area contributed by atoms with Crippen LogP contribution in [0.5, 0.6) is 0 Å². The van der Waals surface area contributed by atoms with Crippen LogP contribution in [0.1, 0.15) is 0 Å². The highest BCUT2D eigenvalue weighted by atomic mass is 32.2. The van der Waals surface area contributed by atoms with Gasteiger partial charge in [-0.3, -0.25) is 0 Å². The SMILES string of the molecule is c1ccc(-c2ccc3c(c2)Sc2cc(-c4ccccc4)cc4c2B3c2cccc(N3c5ccccc5[Si](c5ccccc5)(c5ccccc5)c5ccccc53)c2S4)cc1. The predicted octanol–water partition coefficient (Wildman–Crippen LogP) is 9.63. The van der Waals surface area contributed by atoms with Crippen LogP contribution in [0.2, 0.25) is 0 Å². The summed E-state index contributed by atoms with van der Waals surface area (Å²) < 4.78 is 0. The van der Waals surface area contributed by atoms with Gasteiger partial charge in [-0.2, -0.15) is 0 Å². The third-order valence-corrected chi connectivity index (χ3v) is 19.6. The normalized spacial score (nSPS) is 14.0. The quantitative estimate of drug-likeness (QED) is 0.160. The van der Waals surface area contributed by atoms with Gasteiger partial charge in [-0.05, 0) is 84.9 Å². The van der Waals surface area contributed by atoms with Gasteiger partial charge in [-0.15, -0.1) is 0 Å². The van der Waals surface area contributed by atoms with Gasteiger partial charge in [0.1, 0.15) is 0 Å². The van der Waals surface area contributed by atoms with E-state index in [9.17, 15) is 0 Å². The fraction of sp³-hybridized carbons (Fsp3) is 0. The fourth-order valence-electron chi connectivity index (χ4n) is 9.96. The zero-order chi connectivity index (χ0) is 38.9. The van der Waals surface area contributed by atoms with Crippen molar-refractivity contribution < 1.29 is 0 Å². The predicted molar refractivity (Wildman–Crippen MR) is 255 cm³/mol. The number of nitrogens with zero attached hydrogens (tertiary/aromatic N) is 1. The Kier molecular flexibility index (Phi) is 8.22. The number of benzene rings is 9. The molecule has 9 aromatic rings. The molecule has 59 heavy (non-hydrogen) atoms. The summed E-state index contributed by atoms with van der Waals surface area (Å²) in [7, 11) is -2.74. The number of fused-ring (bicyclic) bond motifs is 6. The van der Waals surface area contributed by atoms with Gasteiger partial charge in [0.15, 0.2) is 8.07 Å². The summed E-state index contributed by atoms with van der Waals surface area (Å²) >= 11 is 3.88. The molecule has 0 unspecified atom stereocenters. The lowest BCUT2D eigenvalue weighted by Crippen LogP contribution is -2.77. The lowest BCUT2D eigenvalue weighted by molar-refractivity contribution is 1.24. The van der Waals surface area contributed by atoms with Crippen molar-refractivity contribution in [3.8, 4) is 22.3 Å². The van der Waals surface area contributed by atoms with Crippen LogP contribution in [0, 0.1) is 0 Å². The van der Waals surface area contributed by atoms with Crippen LogP contribution in [-0.4, -0.2) is 14.8 Å². The number of para-hydroxylation sites is 2. The van der Waals surface area contributed by atoms with E-state index in [1.807, 2.05) is 23.5 Å². The lowest BCUT2D eigenvalue weighted by atomic mass is 9.36. The van der Waals surface area contributed by atoms with Crippen LogP contribution in [0.15, 0.2) is 238 Å². The van der Waals surface area contributed by atoms with Crippen molar-refractivity contribution in [3.63, 3.8) is 0 Å². The minimum absolute atomic E-state index is 0.111. The molecule has 276 valence electrons. The summed E-state index contributed by atoms with van der Waals surface area (Å²) in [5, 5.41) is 5.63. The van der Waals surface area contributed by atoms with Crippen LogP contribution in [0.25, 0.3) is 22.3 Å². The van der Waals surface area contributed by atoms with Gasteiger partial charge in [0.25, 0.3) is 0 Å². The van der Waals surface area contributed by atoms with E-state index in [1.165, 1.54) is 96.0 Å². The molecule has 1 nitrogen and oxygen atoms in total. The summed E-state index contributed by atoms with van der Waals surface area (Å²) in [6.07, 6.45) is 0. The Balaban J connectivity index is 1.11. The topological polar surface area (TPSA) is 3.24 Å². The first-order valence-corrected chi connectivity index (χ1v) is 23.9. The van der Waals surface area contributed by atoms with Crippen molar-refractivity contribution in [2.45, 2.75) is 19.6 Å². The van der Waals surface area contributed by atoms with E-state index in [2.05, 4.69) is 223 Å². The van der Waals surface area contributed by atoms with Gasteiger partial charge >= 0.3 is 0 Å². The number of anilines is 3. The zero-order valence-electron chi connectivity index (χ0n) is 32.1. The first kappa shape index (κ1) is 34.8. The maximum Gasteiger partial charge on any atom is 0.247 e. The zero-order valence-corrected chi connectivity index (χ0v) is 34.8. The van der Waals surface area contributed by atoms with Crippen LogP contribution in [0.4, 0.5) is 17.1 Å². The van der Waals surface area contributed by atoms with Crippen molar-refractivity contribution in [1.82, 2.24) is 0 Å². The number of hydrogen-bond acceptors (Lipinski definition) is 3. The third-order valence-electron chi connectivity index (χ3n) is 12.5. The molecule has 0 bridgehead atoms. The fourth-order valence-corrected chi connectivity index (χ4v) is 17.7. The second kappa shape index (κ2) is 14.0. The molecule has 0 radical (unpaired) electrons. The molecule has 3 heterocycles. The van der Waals surface area contributed by atoms with Gasteiger partial charge in [-0.1, -0.05) is 216 Å². The largest absolute Gasteiger partial charge is 0.310 e. The molecule has 12 rings (SSSR count). The minimum Gasteiger partial charge on any atom is -0.310 e. The Morgan fingerprint density at radius 3 is 1.46 bits per heavy atom. The minimum atomic E-state index is -2.74. The molecule has 0 aromatic heterocycles. The van der Waals surface area contributed by atoms with Crippen LogP contribution < -0.4 is 42.0 Å². The van der Waals surface area contributed by atoms with E-state index in [0.29, 0.717) is 0 Å². The van der Waals surface area contributed by atoms with Crippen molar-refractivity contribution in [3.05, 3.63) is 218 Å². The molecule has 3 aliphatic rings. The van der Waals surface area contributed by atoms with Crippen LogP contribution in [0.3, 0.4) is 0 Å².